The van der Waals surface area contributed by atoms with Gasteiger partial charge in [-0.1, -0.05) is 24.3 Å². The fraction of sp³-hybridized carbons (Fsp3) is 0.235. The number of carbonyl (C=O) groups is 1. The lowest BCUT2D eigenvalue weighted by molar-refractivity contribution is 0.0693. The number of nitrogens with zero attached hydrogens (tertiary/aromatic N) is 1. The topological polar surface area (TPSA) is 74.7 Å². The molecule has 0 aromatic heterocycles. The second kappa shape index (κ2) is 6.33. The Labute approximate surface area is 139 Å². The van der Waals surface area contributed by atoms with Crippen LogP contribution < -0.4 is 0 Å². The summed E-state index contributed by atoms with van der Waals surface area (Å²) < 4.78 is 40.6. The predicted octanol–water partition coefficient (Wildman–Crippen LogP) is 2.98. The lowest BCUT2D eigenvalue weighted by Gasteiger charge is -2.16. The van der Waals surface area contributed by atoms with Crippen LogP contribution in [0.15, 0.2) is 47.4 Å². The molecule has 0 aliphatic carbocycles. The van der Waals surface area contributed by atoms with Gasteiger partial charge in [-0.15, -0.1) is 0 Å². The van der Waals surface area contributed by atoms with Crippen molar-refractivity contribution in [3.63, 3.8) is 0 Å². The summed E-state index contributed by atoms with van der Waals surface area (Å²) >= 11 is 0. The molecule has 0 radical (unpaired) electrons. The maximum atomic E-state index is 13.9. The van der Waals surface area contributed by atoms with E-state index < -0.39 is 27.4 Å². The highest BCUT2D eigenvalue weighted by Crippen LogP contribution is 2.29. The van der Waals surface area contributed by atoms with Gasteiger partial charge in [0.05, 0.1) is 4.90 Å². The third-order valence-corrected chi connectivity index (χ3v) is 5.97. The van der Waals surface area contributed by atoms with Crippen molar-refractivity contribution in [2.24, 2.45) is 0 Å². The predicted molar refractivity (Wildman–Crippen MR) is 86.8 cm³/mol. The number of rotatable bonds is 4. The van der Waals surface area contributed by atoms with E-state index in [0.717, 1.165) is 18.9 Å². The lowest BCUT2D eigenvalue weighted by Crippen LogP contribution is -2.27. The molecule has 0 bridgehead atoms. The van der Waals surface area contributed by atoms with E-state index in [4.69, 9.17) is 0 Å². The van der Waals surface area contributed by atoms with E-state index in [1.807, 2.05) is 0 Å². The number of carboxylic acids is 1. The zero-order chi connectivity index (χ0) is 17.3. The molecule has 5 nitrogen and oxygen atoms in total. The summed E-state index contributed by atoms with van der Waals surface area (Å²) in [6.07, 6.45) is 1.65. The molecule has 0 saturated carbocycles. The van der Waals surface area contributed by atoms with Crippen molar-refractivity contribution in [2.45, 2.75) is 17.7 Å². The minimum Gasteiger partial charge on any atom is -0.478 e. The third-order valence-electron chi connectivity index (χ3n) is 4.08. The van der Waals surface area contributed by atoms with Gasteiger partial charge >= 0.3 is 5.97 Å². The van der Waals surface area contributed by atoms with Crippen LogP contribution in [0.25, 0.3) is 11.1 Å². The number of hydrogen-bond acceptors (Lipinski definition) is 3. The highest BCUT2D eigenvalue weighted by atomic mass is 32.2. The second-order valence-corrected chi connectivity index (χ2v) is 7.54. The van der Waals surface area contributed by atoms with Crippen LogP contribution in [0.1, 0.15) is 23.2 Å². The number of hydrogen-bond donors (Lipinski definition) is 1. The zero-order valence-corrected chi connectivity index (χ0v) is 13.6. The summed E-state index contributed by atoms with van der Waals surface area (Å²) in [5.41, 5.74) is 0.0429. The summed E-state index contributed by atoms with van der Waals surface area (Å²) in [6, 6.07) is 9.91. The average molecular weight is 349 g/mol. The van der Waals surface area contributed by atoms with Crippen molar-refractivity contribution in [1.82, 2.24) is 4.31 Å². The van der Waals surface area contributed by atoms with Crippen LogP contribution in [0.3, 0.4) is 0 Å². The highest BCUT2D eigenvalue weighted by Gasteiger charge is 2.27. The molecule has 3 rings (SSSR count). The van der Waals surface area contributed by atoms with Crippen molar-refractivity contribution < 1.29 is 22.7 Å². The van der Waals surface area contributed by atoms with Gasteiger partial charge in [0, 0.05) is 13.1 Å². The molecular weight excluding hydrogens is 333 g/mol. The fourth-order valence-electron chi connectivity index (χ4n) is 2.88. The first-order valence-electron chi connectivity index (χ1n) is 7.53. The van der Waals surface area contributed by atoms with E-state index in [-0.39, 0.29) is 10.5 Å². The Hall–Kier alpha value is -2.25. The normalized spacial score (nSPS) is 15.5. The number of sulfonamides is 1. The van der Waals surface area contributed by atoms with Gasteiger partial charge in [0.15, 0.2) is 0 Å². The van der Waals surface area contributed by atoms with Crippen LogP contribution >= 0.6 is 0 Å². The van der Waals surface area contributed by atoms with Crippen LogP contribution in [0.2, 0.25) is 0 Å². The van der Waals surface area contributed by atoms with Crippen molar-refractivity contribution >= 4 is 16.0 Å². The molecule has 0 spiro atoms. The Morgan fingerprint density at radius 3 is 2.42 bits per heavy atom. The van der Waals surface area contributed by atoms with E-state index in [1.54, 1.807) is 6.07 Å². The van der Waals surface area contributed by atoms with E-state index in [1.165, 1.54) is 34.6 Å². The molecule has 126 valence electrons. The molecule has 0 atom stereocenters. The molecule has 1 aliphatic rings. The summed E-state index contributed by atoms with van der Waals surface area (Å²) in [6.45, 7) is 0.958. The summed E-state index contributed by atoms with van der Waals surface area (Å²) in [5.74, 6) is -2.25. The van der Waals surface area contributed by atoms with Gasteiger partial charge < -0.3 is 5.11 Å². The molecule has 7 heteroatoms. The molecular formula is C17H16FNO4S. The molecule has 1 saturated heterocycles. The van der Waals surface area contributed by atoms with Crippen LogP contribution in [-0.2, 0) is 10.0 Å². The number of benzene rings is 2. The van der Waals surface area contributed by atoms with Crippen LogP contribution in [0, 0.1) is 5.82 Å². The second-order valence-electron chi connectivity index (χ2n) is 5.61. The summed E-state index contributed by atoms with van der Waals surface area (Å²) in [5, 5.41) is 9.24. The lowest BCUT2D eigenvalue weighted by atomic mass is 9.99. The number of aromatic carboxylic acids is 1. The first-order chi connectivity index (χ1) is 11.4. The monoisotopic (exact) mass is 349 g/mol. The Balaban J connectivity index is 2.10. The van der Waals surface area contributed by atoms with Gasteiger partial charge in [-0.05, 0) is 42.2 Å². The maximum Gasteiger partial charge on any atom is 0.339 e. The standard InChI is InChI=1S/C17H16FNO4S/c18-15-8-4-7-14(16(15)17(20)21)12-5-3-6-13(11-12)24(22,23)19-9-1-2-10-19/h3-8,11H,1-2,9-10H2,(H,20,21). The molecule has 1 aliphatic heterocycles. The SMILES string of the molecule is O=C(O)c1c(F)cccc1-c1cccc(S(=O)(=O)N2CCCC2)c1. The molecule has 1 fully saturated rings. The molecule has 0 amide bonds. The Kier molecular flexibility index (Phi) is 4.38. The zero-order valence-electron chi connectivity index (χ0n) is 12.8. The molecule has 2 aromatic carbocycles. The summed E-state index contributed by atoms with van der Waals surface area (Å²) in [7, 11) is -3.62. The molecule has 2 aromatic rings. The molecule has 1 heterocycles. The van der Waals surface area contributed by atoms with E-state index in [2.05, 4.69) is 0 Å². The van der Waals surface area contributed by atoms with Gasteiger partial charge in [0.25, 0.3) is 0 Å². The van der Waals surface area contributed by atoms with E-state index >= 15 is 0 Å². The van der Waals surface area contributed by atoms with Gasteiger partial charge in [0.1, 0.15) is 11.4 Å². The van der Waals surface area contributed by atoms with Crippen LogP contribution in [0.5, 0.6) is 0 Å². The average Bonchev–Trinajstić information content (AvgIpc) is 3.09. The van der Waals surface area contributed by atoms with Crippen molar-refractivity contribution in [3.05, 3.63) is 53.8 Å². The fourth-order valence-corrected chi connectivity index (χ4v) is 4.45. The third kappa shape index (κ3) is 2.92. The van der Waals surface area contributed by atoms with E-state index in [0.29, 0.717) is 18.7 Å². The first kappa shape index (κ1) is 16.6. The van der Waals surface area contributed by atoms with Crippen LogP contribution in [-0.4, -0.2) is 36.9 Å². The maximum absolute atomic E-state index is 13.9. The number of halogens is 1. The first-order valence-corrected chi connectivity index (χ1v) is 8.97. The summed E-state index contributed by atoms with van der Waals surface area (Å²) in [4.78, 5) is 11.4. The van der Waals surface area contributed by atoms with Crippen molar-refractivity contribution in [3.8, 4) is 11.1 Å². The minimum atomic E-state index is -3.62. The molecule has 1 N–H and O–H groups in total. The Morgan fingerprint density at radius 1 is 1.08 bits per heavy atom. The number of carboxylic acid groups (broad SMARTS) is 1. The highest BCUT2D eigenvalue weighted by molar-refractivity contribution is 7.89. The smallest absolute Gasteiger partial charge is 0.339 e. The minimum absolute atomic E-state index is 0.0856. The van der Waals surface area contributed by atoms with Crippen LogP contribution in [0.4, 0.5) is 4.39 Å². The molecule has 0 unspecified atom stereocenters. The van der Waals surface area contributed by atoms with Gasteiger partial charge in [-0.2, -0.15) is 4.31 Å². The molecule has 24 heavy (non-hydrogen) atoms. The van der Waals surface area contributed by atoms with Gasteiger partial charge in [-0.3, -0.25) is 0 Å². The van der Waals surface area contributed by atoms with E-state index in [9.17, 15) is 22.7 Å². The Morgan fingerprint density at radius 2 is 1.75 bits per heavy atom. The quantitative estimate of drug-likeness (QED) is 0.921. The largest absolute Gasteiger partial charge is 0.478 e. The van der Waals surface area contributed by atoms with Crippen molar-refractivity contribution in [1.29, 1.82) is 0 Å². The van der Waals surface area contributed by atoms with Gasteiger partial charge in [0.2, 0.25) is 10.0 Å². The van der Waals surface area contributed by atoms with Gasteiger partial charge in [-0.25, -0.2) is 17.6 Å². The van der Waals surface area contributed by atoms with Crippen molar-refractivity contribution in [2.75, 3.05) is 13.1 Å². The Bertz CT molecular complexity index is 889.